The fraction of sp³-hybridized carbons (Fsp3) is 0.182. The highest BCUT2D eigenvalue weighted by Gasteiger charge is 2.20. The number of urea groups is 1. The molecule has 2 heterocycles. The van der Waals surface area contributed by atoms with Crippen LogP contribution in [0.4, 0.5) is 16.3 Å². The molecule has 4 rings (SSSR count). The molecular weight excluding hydrogens is 418 g/mol. The number of carbonyl (C=O) groups excluding carboxylic acids is 1. The van der Waals surface area contributed by atoms with Crippen LogP contribution in [0.15, 0.2) is 63.6 Å². The molecule has 9 heteroatoms. The summed E-state index contributed by atoms with van der Waals surface area (Å²) >= 11 is 5.91. The normalized spacial score (nSPS) is 11.4. The van der Waals surface area contributed by atoms with E-state index in [9.17, 15) is 4.79 Å². The Labute approximate surface area is 183 Å². The average Bonchev–Trinajstić information content (AvgIpc) is 3.39. The topological polar surface area (TPSA) is 106 Å². The summed E-state index contributed by atoms with van der Waals surface area (Å²) in [6, 6.07) is 15.5. The van der Waals surface area contributed by atoms with E-state index in [2.05, 4.69) is 25.9 Å². The van der Waals surface area contributed by atoms with Crippen molar-refractivity contribution >= 4 is 29.1 Å². The summed E-state index contributed by atoms with van der Waals surface area (Å²) in [6.45, 7) is 6.00. The molecule has 0 fully saturated rings. The third kappa shape index (κ3) is 4.92. The van der Waals surface area contributed by atoms with E-state index in [0.717, 1.165) is 11.1 Å². The minimum atomic E-state index is -0.427. The molecule has 4 aromatic rings. The van der Waals surface area contributed by atoms with Crippen LogP contribution in [0.1, 0.15) is 26.5 Å². The molecule has 0 aliphatic rings. The van der Waals surface area contributed by atoms with Gasteiger partial charge in [-0.15, -0.1) is 0 Å². The summed E-state index contributed by atoms with van der Waals surface area (Å²) in [7, 11) is 0. The second-order valence-corrected chi connectivity index (χ2v) is 8.35. The first-order valence-corrected chi connectivity index (χ1v) is 9.91. The maximum atomic E-state index is 12.2. The van der Waals surface area contributed by atoms with Crippen LogP contribution in [0.3, 0.4) is 0 Å². The SMILES string of the molecule is CC(C)(C)c1cc(NC(=O)Nc2ccc(-c3nc(-c4ccc(Cl)cc4)no3)cc2)no1. The minimum absolute atomic E-state index is 0.193. The van der Waals surface area contributed by atoms with Gasteiger partial charge in [0.25, 0.3) is 5.89 Å². The molecule has 2 N–H and O–H groups in total. The van der Waals surface area contributed by atoms with Crippen LogP contribution in [0.2, 0.25) is 5.02 Å². The van der Waals surface area contributed by atoms with Gasteiger partial charge in [-0.05, 0) is 48.5 Å². The lowest BCUT2D eigenvalue weighted by Crippen LogP contribution is -2.19. The van der Waals surface area contributed by atoms with Crippen molar-refractivity contribution in [3.63, 3.8) is 0 Å². The highest BCUT2D eigenvalue weighted by atomic mass is 35.5. The number of hydrogen-bond acceptors (Lipinski definition) is 6. The monoisotopic (exact) mass is 437 g/mol. The maximum absolute atomic E-state index is 12.2. The number of nitrogens with one attached hydrogen (secondary N) is 2. The Bertz CT molecular complexity index is 1190. The maximum Gasteiger partial charge on any atom is 0.324 e. The molecule has 2 amide bonds. The Morgan fingerprint density at radius 2 is 1.58 bits per heavy atom. The first-order chi connectivity index (χ1) is 14.8. The number of amides is 2. The van der Waals surface area contributed by atoms with E-state index < -0.39 is 6.03 Å². The van der Waals surface area contributed by atoms with Crippen LogP contribution in [-0.2, 0) is 5.41 Å². The number of benzene rings is 2. The molecule has 0 aliphatic carbocycles. The van der Waals surface area contributed by atoms with Crippen molar-refractivity contribution in [3.05, 3.63) is 65.4 Å². The zero-order chi connectivity index (χ0) is 22.0. The van der Waals surface area contributed by atoms with Crippen LogP contribution in [0.25, 0.3) is 22.8 Å². The van der Waals surface area contributed by atoms with E-state index in [1.807, 2.05) is 32.9 Å². The number of hydrogen-bond donors (Lipinski definition) is 2. The summed E-state index contributed by atoms with van der Waals surface area (Å²) in [6.07, 6.45) is 0. The van der Waals surface area contributed by atoms with Gasteiger partial charge in [0.15, 0.2) is 5.82 Å². The van der Waals surface area contributed by atoms with Crippen LogP contribution in [-0.4, -0.2) is 21.3 Å². The van der Waals surface area contributed by atoms with Gasteiger partial charge in [-0.3, -0.25) is 5.32 Å². The molecule has 2 aromatic heterocycles. The second-order valence-electron chi connectivity index (χ2n) is 7.91. The van der Waals surface area contributed by atoms with Gasteiger partial charge in [-0.1, -0.05) is 42.7 Å². The van der Waals surface area contributed by atoms with E-state index in [0.29, 0.717) is 34.0 Å². The minimum Gasteiger partial charge on any atom is -0.359 e. The van der Waals surface area contributed by atoms with Crippen LogP contribution in [0, 0.1) is 0 Å². The summed E-state index contributed by atoms with van der Waals surface area (Å²) in [5, 5.41) is 13.9. The first-order valence-electron chi connectivity index (χ1n) is 9.53. The molecule has 0 aliphatic heterocycles. The number of rotatable bonds is 4. The van der Waals surface area contributed by atoms with Gasteiger partial charge in [-0.25, -0.2) is 4.79 Å². The Morgan fingerprint density at radius 1 is 0.903 bits per heavy atom. The van der Waals surface area contributed by atoms with Gasteiger partial charge in [0, 0.05) is 33.3 Å². The summed E-state index contributed by atoms with van der Waals surface area (Å²) in [5.74, 6) is 1.87. The van der Waals surface area contributed by atoms with E-state index in [1.165, 1.54) is 0 Å². The van der Waals surface area contributed by atoms with Gasteiger partial charge in [-0.2, -0.15) is 4.98 Å². The molecule has 0 saturated heterocycles. The van der Waals surface area contributed by atoms with Crippen molar-refractivity contribution in [2.45, 2.75) is 26.2 Å². The van der Waals surface area contributed by atoms with Gasteiger partial charge in [0.05, 0.1) is 0 Å². The number of aromatic nitrogens is 3. The van der Waals surface area contributed by atoms with Crippen molar-refractivity contribution in [3.8, 4) is 22.8 Å². The fourth-order valence-electron chi connectivity index (χ4n) is 2.72. The lowest BCUT2D eigenvalue weighted by atomic mass is 9.93. The summed E-state index contributed by atoms with van der Waals surface area (Å²) in [4.78, 5) is 16.6. The molecule has 0 saturated carbocycles. The highest BCUT2D eigenvalue weighted by molar-refractivity contribution is 6.30. The molecule has 158 valence electrons. The molecule has 31 heavy (non-hydrogen) atoms. The molecule has 0 bridgehead atoms. The van der Waals surface area contributed by atoms with Gasteiger partial charge in [0.1, 0.15) is 5.76 Å². The highest BCUT2D eigenvalue weighted by Crippen LogP contribution is 2.26. The summed E-state index contributed by atoms with van der Waals surface area (Å²) in [5.41, 5.74) is 1.93. The second kappa shape index (κ2) is 8.23. The lowest BCUT2D eigenvalue weighted by molar-refractivity contribution is 0.262. The zero-order valence-electron chi connectivity index (χ0n) is 17.1. The molecule has 0 atom stereocenters. The Balaban J connectivity index is 1.40. The smallest absolute Gasteiger partial charge is 0.324 e. The van der Waals surface area contributed by atoms with E-state index in [-0.39, 0.29) is 5.41 Å². The number of carbonyl (C=O) groups is 1. The van der Waals surface area contributed by atoms with Crippen LogP contribution >= 0.6 is 11.6 Å². The predicted molar refractivity (Wildman–Crippen MR) is 118 cm³/mol. The van der Waals surface area contributed by atoms with E-state index in [4.69, 9.17) is 20.6 Å². The third-order valence-electron chi connectivity index (χ3n) is 4.41. The van der Waals surface area contributed by atoms with Crippen LogP contribution in [0.5, 0.6) is 0 Å². The van der Waals surface area contributed by atoms with Crippen molar-refractivity contribution in [2.75, 3.05) is 10.6 Å². The van der Waals surface area contributed by atoms with Gasteiger partial charge < -0.3 is 14.4 Å². The van der Waals surface area contributed by atoms with E-state index >= 15 is 0 Å². The van der Waals surface area contributed by atoms with Gasteiger partial charge >= 0.3 is 6.03 Å². The molecule has 8 nitrogen and oxygen atoms in total. The Morgan fingerprint density at radius 3 is 2.23 bits per heavy atom. The number of anilines is 2. The standard InChI is InChI=1S/C22H20ClN5O3/c1-22(2,3)17-12-18(27-30-17)25-21(29)24-16-10-6-14(7-11-16)20-26-19(28-31-20)13-4-8-15(23)9-5-13/h4-12H,1-3H3,(H2,24,25,27,29). The zero-order valence-corrected chi connectivity index (χ0v) is 17.9. The average molecular weight is 438 g/mol. The fourth-order valence-corrected chi connectivity index (χ4v) is 2.85. The van der Waals surface area contributed by atoms with Crippen molar-refractivity contribution in [1.29, 1.82) is 0 Å². The van der Waals surface area contributed by atoms with Crippen molar-refractivity contribution in [2.24, 2.45) is 0 Å². The van der Waals surface area contributed by atoms with Crippen molar-refractivity contribution in [1.82, 2.24) is 15.3 Å². The molecule has 0 radical (unpaired) electrons. The predicted octanol–water partition coefficient (Wildman–Crippen LogP) is 5.99. The molecule has 0 unspecified atom stereocenters. The number of halogens is 1. The van der Waals surface area contributed by atoms with E-state index in [1.54, 1.807) is 42.5 Å². The molecular formula is C22H20ClN5O3. The Hall–Kier alpha value is -3.65. The largest absolute Gasteiger partial charge is 0.359 e. The quantitative estimate of drug-likeness (QED) is 0.406. The third-order valence-corrected chi connectivity index (χ3v) is 4.66. The molecule has 2 aromatic carbocycles. The van der Waals surface area contributed by atoms with Gasteiger partial charge in [0.2, 0.25) is 5.82 Å². The number of nitrogens with zero attached hydrogens (tertiary/aromatic N) is 3. The summed E-state index contributed by atoms with van der Waals surface area (Å²) < 4.78 is 10.6. The van der Waals surface area contributed by atoms with Crippen molar-refractivity contribution < 1.29 is 13.8 Å². The first kappa shape index (κ1) is 20.6. The Kier molecular flexibility index (Phi) is 5.48. The lowest BCUT2D eigenvalue weighted by Gasteiger charge is -2.12. The molecule has 0 spiro atoms. The van der Waals surface area contributed by atoms with Crippen LogP contribution < -0.4 is 10.6 Å².